The van der Waals surface area contributed by atoms with E-state index in [4.69, 9.17) is 9.47 Å². The molecule has 2 rings (SSSR count). The highest BCUT2D eigenvalue weighted by atomic mass is 32.2. The number of Topliss-reactive ketones (excluding diaryl/α,β-unsaturated/α-hetero) is 1. The maximum Gasteiger partial charge on any atom is 0.355 e. The Morgan fingerprint density at radius 1 is 1.29 bits per heavy atom. The highest BCUT2D eigenvalue weighted by molar-refractivity contribution is 7.89. The molecule has 1 saturated heterocycles. The molecule has 158 valence electrons. The average Bonchev–Trinajstić information content (AvgIpc) is 3.21. The predicted octanol–water partition coefficient (Wildman–Crippen LogP) is 1.83. The van der Waals surface area contributed by atoms with Gasteiger partial charge in [0.1, 0.15) is 5.69 Å². The Kier molecular flexibility index (Phi) is 7.41. The first kappa shape index (κ1) is 22.6. The summed E-state index contributed by atoms with van der Waals surface area (Å²) in [6, 6.07) is 0. The van der Waals surface area contributed by atoms with Crippen molar-refractivity contribution in [2.24, 2.45) is 7.05 Å². The number of esters is 1. The van der Waals surface area contributed by atoms with Gasteiger partial charge in [0, 0.05) is 31.5 Å². The molecule has 0 amide bonds. The van der Waals surface area contributed by atoms with Crippen LogP contribution in [0.3, 0.4) is 0 Å². The van der Waals surface area contributed by atoms with Gasteiger partial charge in [-0.3, -0.25) is 4.79 Å². The van der Waals surface area contributed by atoms with Crippen molar-refractivity contribution in [3.8, 4) is 0 Å². The van der Waals surface area contributed by atoms with Gasteiger partial charge in [-0.25, -0.2) is 13.2 Å². The van der Waals surface area contributed by atoms with E-state index < -0.39 is 16.0 Å². The smallest absolute Gasteiger partial charge is 0.355 e. The molecule has 1 unspecified atom stereocenters. The van der Waals surface area contributed by atoms with Crippen molar-refractivity contribution < 1.29 is 27.5 Å². The quantitative estimate of drug-likeness (QED) is 0.452. The molecule has 1 aromatic rings. The summed E-state index contributed by atoms with van der Waals surface area (Å²) in [4.78, 5) is 25.3. The minimum absolute atomic E-state index is 0.0895. The number of carbonyl (C=O) groups excluding carboxylic acids is 2. The maximum absolute atomic E-state index is 13.1. The zero-order valence-corrected chi connectivity index (χ0v) is 18.1. The third kappa shape index (κ3) is 4.64. The minimum atomic E-state index is -3.57. The second-order valence-electron chi connectivity index (χ2n) is 6.96. The lowest BCUT2D eigenvalue weighted by atomic mass is 10.1. The van der Waals surface area contributed by atoms with E-state index in [2.05, 4.69) is 0 Å². The molecular weight excluding hydrogens is 384 g/mol. The monoisotopic (exact) mass is 414 g/mol. The number of nitrogens with zero attached hydrogens (tertiary/aromatic N) is 2. The van der Waals surface area contributed by atoms with E-state index in [1.54, 1.807) is 39.3 Å². The fraction of sp³-hybridized carbons (Fsp3) is 0.684. The largest absolute Gasteiger partial charge is 0.461 e. The number of carbonyl (C=O) groups is 2. The van der Waals surface area contributed by atoms with Gasteiger partial charge >= 0.3 is 5.97 Å². The second-order valence-corrected chi connectivity index (χ2v) is 9.22. The SMILES string of the molecule is CCOC(=O)c1c(C)c(C(=O)CN(CC2CCCO2)S(=O)(=O)CC)c(C)n1C. The van der Waals surface area contributed by atoms with Crippen LogP contribution in [0.25, 0.3) is 0 Å². The van der Waals surface area contributed by atoms with Crippen molar-refractivity contribution in [1.29, 1.82) is 0 Å². The molecule has 8 nitrogen and oxygen atoms in total. The third-order valence-corrected chi connectivity index (χ3v) is 6.98. The van der Waals surface area contributed by atoms with Gasteiger partial charge in [-0.1, -0.05) is 0 Å². The summed E-state index contributed by atoms with van der Waals surface area (Å²) in [5.41, 5.74) is 1.80. The molecule has 0 saturated carbocycles. The topological polar surface area (TPSA) is 94.9 Å². The molecule has 0 N–H and O–H groups in total. The molecule has 1 fully saturated rings. The molecule has 0 spiro atoms. The molecule has 1 aromatic heterocycles. The Labute approximate surface area is 166 Å². The van der Waals surface area contributed by atoms with Gasteiger partial charge < -0.3 is 14.0 Å². The van der Waals surface area contributed by atoms with E-state index in [0.29, 0.717) is 29.1 Å². The van der Waals surface area contributed by atoms with Gasteiger partial charge in [-0.05, 0) is 46.1 Å². The first-order valence-electron chi connectivity index (χ1n) is 9.59. The molecule has 9 heteroatoms. The first-order valence-corrected chi connectivity index (χ1v) is 11.2. The lowest BCUT2D eigenvalue weighted by Gasteiger charge is -2.23. The number of hydrogen-bond donors (Lipinski definition) is 0. The molecule has 1 aliphatic rings. The van der Waals surface area contributed by atoms with Crippen molar-refractivity contribution in [2.75, 3.05) is 32.1 Å². The molecule has 1 atom stereocenters. The summed E-state index contributed by atoms with van der Waals surface area (Å²) in [5, 5.41) is 0. The Hall–Kier alpha value is -1.71. The van der Waals surface area contributed by atoms with Gasteiger partial charge in [0.15, 0.2) is 5.78 Å². The van der Waals surface area contributed by atoms with Crippen molar-refractivity contribution in [3.63, 3.8) is 0 Å². The average molecular weight is 415 g/mol. The summed E-state index contributed by atoms with van der Waals surface area (Å²) < 4.78 is 38.5. The predicted molar refractivity (Wildman–Crippen MR) is 105 cm³/mol. The van der Waals surface area contributed by atoms with Crippen LogP contribution in [0.2, 0.25) is 0 Å². The molecule has 2 heterocycles. The van der Waals surface area contributed by atoms with Crippen LogP contribution >= 0.6 is 0 Å². The summed E-state index contributed by atoms with van der Waals surface area (Å²) in [7, 11) is -1.88. The van der Waals surface area contributed by atoms with Crippen molar-refractivity contribution in [3.05, 3.63) is 22.5 Å². The van der Waals surface area contributed by atoms with E-state index >= 15 is 0 Å². The summed E-state index contributed by atoms with van der Waals surface area (Å²) in [6.07, 6.45) is 1.47. The number of ether oxygens (including phenoxy) is 2. The first-order chi connectivity index (χ1) is 13.1. The number of ketones is 1. The lowest BCUT2D eigenvalue weighted by molar-refractivity contribution is 0.0514. The molecule has 0 aromatic carbocycles. The van der Waals surface area contributed by atoms with Gasteiger partial charge in [0.05, 0.1) is 25.0 Å². The van der Waals surface area contributed by atoms with Crippen molar-refractivity contribution >= 4 is 21.8 Å². The van der Waals surface area contributed by atoms with Gasteiger partial charge in [-0.15, -0.1) is 0 Å². The summed E-state index contributed by atoms with van der Waals surface area (Å²) >= 11 is 0. The molecule has 28 heavy (non-hydrogen) atoms. The van der Waals surface area contributed by atoms with Crippen LogP contribution in [0.1, 0.15) is 58.8 Å². The fourth-order valence-electron chi connectivity index (χ4n) is 3.59. The van der Waals surface area contributed by atoms with E-state index in [-0.39, 0.29) is 37.3 Å². The van der Waals surface area contributed by atoms with Crippen molar-refractivity contribution in [2.45, 2.75) is 46.6 Å². The number of rotatable bonds is 9. The van der Waals surface area contributed by atoms with Crippen LogP contribution in [0.4, 0.5) is 0 Å². The van der Waals surface area contributed by atoms with E-state index in [9.17, 15) is 18.0 Å². The van der Waals surface area contributed by atoms with Crippen LogP contribution in [-0.2, 0) is 26.5 Å². The fourth-order valence-corrected chi connectivity index (χ4v) is 4.66. The molecule has 0 radical (unpaired) electrons. The Morgan fingerprint density at radius 2 is 1.96 bits per heavy atom. The second kappa shape index (κ2) is 9.19. The normalized spacial score (nSPS) is 17.3. The highest BCUT2D eigenvalue weighted by Crippen LogP contribution is 2.24. The minimum Gasteiger partial charge on any atom is -0.461 e. The van der Waals surface area contributed by atoms with Crippen LogP contribution < -0.4 is 0 Å². The van der Waals surface area contributed by atoms with Gasteiger partial charge in [0.25, 0.3) is 0 Å². The Bertz CT molecular complexity index is 837. The van der Waals surface area contributed by atoms with E-state index in [1.807, 2.05) is 0 Å². The van der Waals surface area contributed by atoms with Gasteiger partial charge in [0.2, 0.25) is 10.0 Å². The highest BCUT2D eigenvalue weighted by Gasteiger charge is 2.31. The summed E-state index contributed by atoms with van der Waals surface area (Å²) in [6.45, 7) is 7.43. The zero-order valence-electron chi connectivity index (χ0n) is 17.3. The van der Waals surface area contributed by atoms with Crippen LogP contribution in [0.15, 0.2) is 0 Å². The number of sulfonamides is 1. The Morgan fingerprint density at radius 3 is 2.50 bits per heavy atom. The van der Waals surface area contributed by atoms with Crippen LogP contribution in [0, 0.1) is 13.8 Å². The number of aromatic nitrogens is 1. The van der Waals surface area contributed by atoms with Crippen LogP contribution in [-0.4, -0.2) is 67.2 Å². The van der Waals surface area contributed by atoms with Gasteiger partial charge in [-0.2, -0.15) is 4.31 Å². The van der Waals surface area contributed by atoms with E-state index in [0.717, 1.165) is 12.8 Å². The Balaban J connectivity index is 2.32. The summed E-state index contributed by atoms with van der Waals surface area (Å²) in [5.74, 6) is -0.924. The zero-order chi connectivity index (χ0) is 21.1. The molecular formula is C19H30N2O6S. The molecule has 0 bridgehead atoms. The third-order valence-electron chi connectivity index (χ3n) is 5.19. The maximum atomic E-state index is 13.1. The molecule has 0 aliphatic carbocycles. The standard InChI is InChI=1S/C19H30N2O6S/c1-6-26-19(23)18-13(3)17(14(4)20(18)5)16(22)12-21(28(24,25)7-2)11-15-9-8-10-27-15/h15H,6-12H2,1-5H3. The number of hydrogen-bond acceptors (Lipinski definition) is 6. The van der Waals surface area contributed by atoms with Crippen LogP contribution in [0.5, 0.6) is 0 Å². The van der Waals surface area contributed by atoms with Crippen molar-refractivity contribution in [1.82, 2.24) is 8.87 Å². The lowest BCUT2D eigenvalue weighted by Crippen LogP contribution is -2.41. The molecule has 1 aliphatic heterocycles. The van der Waals surface area contributed by atoms with E-state index in [1.165, 1.54) is 4.31 Å².